The summed E-state index contributed by atoms with van der Waals surface area (Å²) in [4.78, 5) is 25.0. The summed E-state index contributed by atoms with van der Waals surface area (Å²) in [5.74, 6) is -0.0290. The lowest BCUT2D eigenvalue weighted by molar-refractivity contribution is -0.131. The highest BCUT2D eigenvalue weighted by Crippen LogP contribution is 2.29. The first-order valence-electron chi connectivity index (χ1n) is 11.1. The van der Waals surface area contributed by atoms with Crippen LogP contribution in [0.5, 0.6) is 0 Å². The number of carbonyl (C=O) groups is 2. The number of nitrogens with one attached hydrogen (secondary N) is 3. The van der Waals surface area contributed by atoms with Gasteiger partial charge in [-0.15, -0.1) is 10.2 Å². The van der Waals surface area contributed by atoms with Gasteiger partial charge in [0.15, 0.2) is 0 Å². The molecule has 2 amide bonds. The van der Waals surface area contributed by atoms with Gasteiger partial charge in [0.05, 0.1) is 5.54 Å². The van der Waals surface area contributed by atoms with Crippen LogP contribution in [0.25, 0.3) is 22.5 Å². The second-order valence-corrected chi connectivity index (χ2v) is 8.59. The zero-order valence-corrected chi connectivity index (χ0v) is 19.3. The topological polar surface area (TPSA) is 139 Å². The number of carbonyl (C=O) groups excluding carboxylic acids is 2. The minimum absolute atomic E-state index is 0.215. The van der Waals surface area contributed by atoms with E-state index in [0.29, 0.717) is 18.8 Å². The number of aromatic amines is 1. The van der Waals surface area contributed by atoms with Crippen molar-refractivity contribution in [3.8, 4) is 22.5 Å². The van der Waals surface area contributed by atoms with Gasteiger partial charge in [0, 0.05) is 12.1 Å². The van der Waals surface area contributed by atoms with Gasteiger partial charge in [0.2, 0.25) is 17.6 Å². The lowest BCUT2D eigenvalue weighted by Crippen LogP contribution is -2.55. The molecule has 0 aliphatic rings. The Labute approximate surface area is 193 Å². The molecule has 0 radical (unpaired) electrons. The number of unbranched alkanes of at least 4 members (excludes halogenated alkanes) is 1. The summed E-state index contributed by atoms with van der Waals surface area (Å²) in [6, 6.07) is 15.1. The summed E-state index contributed by atoms with van der Waals surface area (Å²) in [6.07, 6.45) is 2.33. The first-order chi connectivity index (χ1) is 15.8. The van der Waals surface area contributed by atoms with E-state index in [0.717, 1.165) is 35.1 Å². The third kappa shape index (κ3) is 6.45. The minimum atomic E-state index is -1.04. The molecule has 5 N–H and O–H groups in total. The van der Waals surface area contributed by atoms with Crippen LogP contribution in [0, 0.1) is 0 Å². The highest BCUT2D eigenvalue weighted by molar-refractivity contribution is 5.91. The van der Waals surface area contributed by atoms with Crippen LogP contribution in [-0.2, 0) is 16.1 Å². The van der Waals surface area contributed by atoms with Crippen molar-refractivity contribution in [1.29, 1.82) is 0 Å². The second-order valence-electron chi connectivity index (χ2n) is 8.59. The molecule has 9 nitrogen and oxygen atoms in total. The van der Waals surface area contributed by atoms with Gasteiger partial charge in [0.25, 0.3) is 0 Å². The average Bonchev–Trinajstić information content (AvgIpc) is 3.34. The van der Waals surface area contributed by atoms with Crippen LogP contribution < -0.4 is 16.4 Å². The minimum Gasteiger partial charge on any atom is -0.350 e. The van der Waals surface area contributed by atoms with Crippen LogP contribution in [0.4, 0.5) is 0 Å². The van der Waals surface area contributed by atoms with Crippen LogP contribution in [0.1, 0.15) is 45.6 Å². The van der Waals surface area contributed by atoms with Gasteiger partial charge < -0.3 is 16.4 Å². The number of aromatic nitrogens is 4. The fourth-order valence-electron chi connectivity index (χ4n) is 3.34. The number of hydrogen-bond donors (Lipinski definition) is 4. The van der Waals surface area contributed by atoms with Crippen molar-refractivity contribution >= 4 is 11.8 Å². The van der Waals surface area contributed by atoms with Crippen molar-refractivity contribution in [3.63, 3.8) is 0 Å². The van der Waals surface area contributed by atoms with E-state index >= 15 is 0 Å². The van der Waals surface area contributed by atoms with Gasteiger partial charge in [-0.3, -0.25) is 9.59 Å². The maximum Gasteiger partial charge on any atom is 0.242 e. The molecule has 1 unspecified atom stereocenters. The Morgan fingerprint density at radius 2 is 1.79 bits per heavy atom. The molecule has 0 spiro atoms. The fourth-order valence-corrected chi connectivity index (χ4v) is 3.34. The Hall–Kier alpha value is -3.59. The van der Waals surface area contributed by atoms with Gasteiger partial charge in [-0.25, -0.2) is 0 Å². The van der Waals surface area contributed by atoms with Gasteiger partial charge in [0.1, 0.15) is 6.04 Å². The number of benzene rings is 2. The summed E-state index contributed by atoms with van der Waals surface area (Å²) in [5.41, 5.74) is 8.64. The van der Waals surface area contributed by atoms with Crippen LogP contribution >= 0.6 is 0 Å². The third-order valence-corrected chi connectivity index (χ3v) is 5.30. The van der Waals surface area contributed by atoms with Crippen molar-refractivity contribution in [2.75, 3.05) is 0 Å². The quantitative estimate of drug-likeness (QED) is 0.375. The van der Waals surface area contributed by atoms with E-state index < -0.39 is 11.6 Å². The van der Waals surface area contributed by atoms with Crippen molar-refractivity contribution < 1.29 is 9.59 Å². The van der Waals surface area contributed by atoms with Gasteiger partial charge >= 0.3 is 0 Å². The predicted molar refractivity (Wildman–Crippen MR) is 127 cm³/mol. The van der Waals surface area contributed by atoms with Crippen molar-refractivity contribution in [1.82, 2.24) is 31.3 Å². The molecule has 3 rings (SSSR count). The average molecular weight is 450 g/mol. The molecule has 0 aliphatic heterocycles. The molecule has 1 aromatic heterocycles. The fraction of sp³-hybridized carbons (Fsp3) is 0.375. The number of tetrazole rings is 1. The van der Waals surface area contributed by atoms with E-state index in [1.165, 1.54) is 0 Å². The molecular formula is C24H31N7O2. The van der Waals surface area contributed by atoms with E-state index in [4.69, 9.17) is 5.73 Å². The second kappa shape index (κ2) is 10.8. The monoisotopic (exact) mass is 449 g/mol. The number of amides is 2. The van der Waals surface area contributed by atoms with E-state index in [1.807, 2.05) is 55.5 Å². The molecule has 3 aromatic rings. The Kier molecular flexibility index (Phi) is 7.89. The van der Waals surface area contributed by atoms with Gasteiger partial charge in [-0.2, -0.15) is 5.21 Å². The molecule has 0 saturated heterocycles. The lowest BCUT2D eigenvalue weighted by atomic mass is 9.98. The summed E-state index contributed by atoms with van der Waals surface area (Å²) in [6.45, 7) is 5.64. The number of nitrogens with zero attached hydrogens (tertiary/aromatic N) is 3. The van der Waals surface area contributed by atoms with Crippen molar-refractivity contribution in [3.05, 3.63) is 54.1 Å². The first kappa shape index (κ1) is 24.1. The molecule has 174 valence electrons. The zero-order valence-electron chi connectivity index (χ0n) is 19.3. The number of rotatable bonds is 10. The number of nitrogens with two attached hydrogens (primary N) is 1. The van der Waals surface area contributed by atoms with Crippen molar-refractivity contribution in [2.45, 2.75) is 58.2 Å². The molecule has 2 aromatic carbocycles. The van der Waals surface area contributed by atoms with Crippen LogP contribution in [-0.4, -0.2) is 44.0 Å². The summed E-state index contributed by atoms with van der Waals surface area (Å²) in [5, 5.41) is 20.0. The Bertz CT molecular complexity index is 1060. The standard InChI is InChI=1S/C24H31N7O2/c1-4-5-10-20(27-23(33)24(2,3)25)22(32)26-15-16-11-13-17(14-12-16)18-8-6-7-9-19(18)21-28-30-31-29-21/h6-9,11-14,20H,4-5,10,15,25H2,1-3H3,(H,26,32)(H,27,33)(H,28,29,30,31). The normalized spacial score (nSPS) is 12.2. The van der Waals surface area contributed by atoms with E-state index in [-0.39, 0.29) is 11.8 Å². The third-order valence-electron chi connectivity index (χ3n) is 5.30. The first-order valence-corrected chi connectivity index (χ1v) is 11.1. The zero-order chi connectivity index (χ0) is 23.8. The number of hydrogen-bond acceptors (Lipinski definition) is 6. The molecule has 33 heavy (non-hydrogen) atoms. The van der Waals surface area contributed by atoms with Gasteiger partial charge in [-0.05, 0) is 42.2 Å². The van der Waals surface area contributed by atoms with Crippen LogP contribution in [0.2, 0.25) is 0 Å². The predicted octanol–water partition coefficient (Wildman–Crippen LogP) is 2.56. The SMILES string of the molecule is CCCCC(NC(=O)C(C)(C)N)C(=O)NCc1ccc(-c2ccccc2-c2nn[nH]n2)cc1. The summed E-state index contributed by atoms with van der Waals surface area (Å²) in [7, 11) is 0. The van der Waals surface area contributed by atoms with E-state index in [2.05, 4.69) is 31.3 Å². The molecule has 0 saturated carbocycles. The molecule has 1 heterocycles. The van der Waals surface area contributed by atoms with Gasteiger partial charge in [-0.1, -0.05) is 68.3 Å². The summed E-state index contributed by atoms with van der Waals surface area (Å²) >= 11 is 0. The Morgan fingerprint density at radius 1 is 1.09 bits per heavy atom. The van der Waals surface area contributed by atoms with Crippen LogP contribution in [0.3, 0.4) is 0 Å². The lowest BCUT2D eigenvalue weighted by Gasteiger charge is -2.24. The molecule has 0 bridgehead atoms. The maximum atomic E-state index is 12.8. The molecular weight excluding hydrogens is 418 g/mol. The molecule has 9 heteroatoms. The van der Waals surface area contributed by atoms with Crippen molar-refractivity contribution in [2.24, 2.45) is 5.73 Å². The molecule has 0 fully saturated rings. The smallest absolute Gasteiger partial charge is 0.242 e. The maximum absolute atomic E-state index is 12.8. The van der Waals surface area contributed by atoms with E-state index in [1.54, 1.807) is 13.8 Å². The Balaban J connectivity index is 1.66. The highest BCUT2D eigenvalue weighted by atomic mass is 16.2. The number of H-pyrrole nitrogens is 1. The largest absolute Gasteiger partial charge is 0.350 e. The van der Waals surface area contributed by atoms with Crippen LogP contribution in [0.15, 0.2) is 48.5 Å². The summed E-state index contributed by atoms with van der Waals surface area (Å²) < 4.78 is 0. The molecule has 1 atom stereocenters. The van der Waals surface area contributed by atoms with E-state index in [9.17, 15) is 9.59 Å². The Morgan fingerprint density at radius 3 is 2.39 bits per heavy atom. The molecule has 0 aliphatic carbocycles. The highest BCUT2D eigenvalue weighted by Gasteiger charge is 2.27.